The van der Waals surface area contributed by atoms with Gasteiger partial charge in [-0.15, -0.1) is 0 Å². The summed E-state index contributed by atoms with van der Waals surface area (Å²) in [7, 11) is 0. The Bertz CT molecular complexity index is 262. The maximum absolute atomic E-state index is 6.55. The van der Waals surface area contributed by atoms with Crippen LogP contribution in [0.5, 0.6) is 0 Å². The van der Waals surface area contributed by atoms with Gasteiger partial charge in [-0.1, -0.05) is 27.2 Å². The number of hydrogen-bond donors (Lipinski definition) is 1. The van der Waals surface area contributed by atoms with Gasteiger partial charge in [0.05, 0.1) is 0 Å². The van der Waals surface area contributed by atoms with Crippen LogP contribution in [0.2, 0.25) is 0 Å². The van der Waals surface area contributed by atoms with Crippen LogP contribution in [-0.2, 0) is 0 Å². The first kappa shape index (κ1) is 13.4. The van der Waals surface area contributed by atoms with Crippen molar-refractivity contribution in [3.05, 3.63) is 0 Å². The minimum absolute atomic E-state index is 0.323. The molecule has 0 radical (unpaired) electrons. The van der Waals surface area contributed by atoms with Crippen molar-refractivity contribution in [3.63, 3.8) is 0 Å². The molecule has 0 spiro atoms. The van der Waals surface area contributed by atoms with Crippen LogP contribution in [0.25, 0.3) is 0 Å². The van der Waals surface area contributed by atoms with Crippen LogP contribution in [0.1, 0.15) is 59.8 Å². The highest BCUT2D eigenvalue weighted by Gasteiger charge is 2.41. The summed E-state index contributed by atoms with van der Waals surface area (Å²) in [6.45, 7) is 10.7. The SMILES string of the molecule is CC1CCC(C)N(C2CCCC(C)(C)C2N)C1. The second kappa shape index (κ2) is 4.89. The van der Waals surface area contributed by atoms with Crippen molar-refractivity contribution in [2.24, 2.45) is 17.1 Å². The minimum Gasteiger partial charge on any atom is -0.326 e. The van der Waals surface area contributed by atoms with E-state index in [1.807, 2.05) is 0 Å². The molecule has 4 atom stereocenters. The molecule has 0 aromatic carbocycles. The van der Waals surface area contributed by atoms with E-state index in [1.165, 1.54) is 38.6 Å². The zero-order valence-electron chi connectivity index (χ0n) is 12.1. The van der Waals surface area contributed by atoms with Gasteiger partial charge in [0.1, 0.15) is 0 Å². The molecule has 2 rings (SSSR count). The Morgan fingerprint density at radius 1 is 1.12 bits per heavy atom. The Kier molecular flexibility index (Phi) is 3.84. The van der Waals surface area contributed by atoms with E-state index in [0.29, 0.717) is 17.5 Å². The topological polar surface area (TPSA) is 29.3 Å². The molecule has 100 valence electrons. The van der Waals surface area contributed by atoms with Crippen molar-refractivity contribution >= 4 is 0 Å². The lowest BCUT2D eigenvalue weighted by Gasteiger charge is -2.50. The highest BCUT2D eigenvalue weighted by Crippen LogP contribution is 2.38. The summed E-state index contributed by atoms with van der Waals surface area (Å²) in [6, 6.07) is 1.71. The summed E-state index contributed by atoms with van der Waals surface area (Å²) in [5.74, 6) is 0.850. The molecule has 1 aliphatic heterocycles. The average Bonchev–Trinajstić information content (AvgIpc) is 2.26. The fourth-order valence-corrected chi connectivity index (χ4v) is 3.79. The number of likely N-dealkylation sites (tertiary alicyclic amines) is 1. The highest BCUT2D eigenvalue weighted by atomic mass is 15.2. The van der Waals surface area contributed by atoms with E-state index in [2.05, 4.69) is 32.6 Å². The predicted molar refractivity (Wildman–Crippen MR) is 74.0 cm³/mol. The van der Waals surface area contributed by atoms with Gasteiger partial charge in [-0.3, -0.25) is 4.90 Å². The second-order valence-electron chi connectivity index (χ2n) is 7.20. The Balaban J connectivity index is 2.09. The van der Waals surface area contributed by atoms with E-state index in [4.69, 9.17) is 5.73 Å². The van der Waals surface area contributed by atoms with Crippen LogP contribution in [0.3, 0.4) is 0 Å². The molecule has 0 bridgehead atoms. The predicted octanol–water partition coefficient (Wildman–Crippen LogP) is 3.01. The number of nitrogens with zero attached hydrogens (tertiary/aromatic N) is 1. The van der Waals surface area contributed by atoms with Crippen molar-refractivity contribution in [2.45, 2.75) is 77.9 Å². The Morgan fingerprint density at radius 3 is 2.53 bits per heavy atom. The van der Waals surface area contributed by atoms with Crippen molar-refractivity contribution in [3.8, 4) is 0 Å². The molecule has 2 N–H and O–H groups in total. The third kappa shape index (κ3) is 2.68. The molecule has 0 aromatic heterocycles. The van der Waals surface area contributed by atoms with Crippen LogP contribution in [0.4, 0.5) is 0 Å². The van der Waals surface area contributed by atoms with E-state index in [-0.39, 0.29) is 0 Å². The number of piperidine rings is 1. The van der Waals surface area contributed by atoms with Gasteiger partial charge >= 0.3 is 0 Å². The van der Waals surface area contributed by atoms with Gasteiger partial charge in [0.25, 0.3) is 0 Å². The van der Waals surface area contributed by atoms with Crippen LogP contribution in [-0.4, -0.2) is 29.6 Å². The molecule has 2 aliphatic rings. The lowest BCUT2D eigenvalue weighted by Crippen LogP contribution is -2.60. The molecule has 1 saturated carbocycles. The van der Waals surface area contributed by atoms with Gasteiger partial charge < -0.3 is 5.73 Å². The molecule has 0 aromatic rings. The Labute approximate surface area is 107 Å². The van der Waals surface area contributed by atoms with Crippen molar-refractivity contribution in [1.29, 1.82) is 0 Å². The summed E-state index contributed by atoms with van der Waals surface area (Å²) < 4.78 is 0. The molecule has 2 fully saturated rings. The second-order valence-corrected chi connectivity index (χ2v) is 7.20. The zero-order valence-corrected chi connectivity index (χ0v) is 12.1. The van der Waals surface area contributed by atoms with E-state index >= 15 is 0 Å². The number of hydrogen-bond acceptors (Lipinski definition) is 2. The molecule has 1 aliphatic carbocycles. The van der Waals surface area contributed by atoms with Crippen molar-refractivity contribution < 1.29 is 0 Å². The van der Waals surface area contributed by atoms with Gasteiger partial charge in [0.15, 0.2) is 0 Å². The largest absolute Gasteiger partial charge is 0.326 e. The fraction of sp³-hybridized carbons (Fsp3) is 1.00. The first-order valence-electron chi connectivity index (χ1n) is 7.43. The molecule has 17 heavy (non-hydrogen) atoms. The molecule has 2 heteroatoms. The first-order chi connectivity index (χ1) is 7.92. The van der Waals surface area contributed by atoms with E-state index in [9.17, 15) is 0 Å². The smallest absolute Gasteiger partial charge is 0.0255 e. The van der Waals surface area contributed by atoms with Crippen molar-refractivity contribution in [2.75, 3.05) is 6.54 Å². The molecule has 2 nitrogen and oxygen atoms in total. The zero-order chi connectivity index (χ0) is 12.6. The van der Waals surface area contributed by atoms with E-state index in [0.717, 1.165) is 12.0 Å². The lowest BCUT2D eigenvalue weighted by atomic mass is 9.70. The maximum Gasteiger partial charge on any atom is 0.0255 e. The third-order valence-corrected chi connectivity index (χ3v) is 5.23. The Hall–Kier alpha value is -0.0800. The molecule has 1 heterocycles. The van der Waals surface area contributed by atoms with Gasteiger partial charge in [-0.05, 0) is 43.9 Å². The van der Waals surface area contributed by atoms with Crippen LogP contribution >= 0.6 is 0 Å². The lowest BCUT2D eigenvalue weighted by molar-refractivity contribution is 0.0118. The van der Waals surface area contributed by atoms with E-state index < -0.39 is 0 Å². The first-order valence-corrected chi connectivity index (χ1v) is 7.43. The average molecular weight is 238 g/mol. The fourth-order valence-electron chi connectivity index (χ4n) is 3.79. The van der Waals surface area contributed by atoms with Gasteiger partial charge in [0, 0.05) is 24.7 Å². The Morgan fingerprint density at radius 2 is 1.82 bits per heavy atom. The normalized spacial score (nSPS) is 43.6. The molecule has 1 saturated heterocycles. The minimum atomic E-state index is 0.323. The number of rotatable bonds is 1. The van der Waals surface area contributed by atoms with Crippen LogP contribution < -0.4 is 5.73 Å². The van der Waals surface area contributed by atoms with Gasteiger partial charge in [-0.25, -0.2) is 0 Å². The summed E-state index contributed by atoms with van der Waals surface area (Å²) in [4.78, 5) is 2.72. The molecular weight excluding hydrogens is 208 g/mol. The summed E-state index contributed by atoms with van der Waals surface area (Å²) in [5, 5.41) is 0. The van der Waals surface area contributed by atoms with Crippen LogP contribution in [0, 0.1) is 11.3 Å². The van der Waals surface area contributed by atoms with Gasteiger partial charge in [-0.2, -0.15) is 0 Å². The summed E-state index contributed by atoms with van der Waals surface area (Å²) in [5.41, 5.74) is 6.88. The standard InChI is InChI=1S/C15H30N2/c1-11-7-8-12(2)17(10-11)13-6-5-9-15(3,4)14(13)16/h11-14H,5-10,16H2,1-4H3. The third-order valence-electron chi connectivity index (χ3n) is 5.23. The summed E-state index contributed by atoms with van der Waals surface area (Å²) >= 11 is 0. The summed E-state index contributed by atoms with van der Waals surface area (Å²) in [6.07, 6.45) is 6.70. The maximum atomic E-state index is 6.55. The van der Waals surface area contributed by atoms with Crippen LogP contribution in [0.15, 0.2) is 0 Å². The monoisotopic (exact) mass is 238 g/mol. The molecular formula is C15H30N2. The quantitative estimate of drug-likeness (QED) is 0.761. The highest BCUT2D eigenvalue weighted by molar-refractivity contribution is 4.98. The van der Waals surface area contributed by atoms with E-state index in [1.54, 1.807) is 0 Å². The molecule has 4 unspecified atom stereocenters. The molecule has 0 amide bonds. The number of nitrogens with two attached hydrogens (primary N) is 1. The van der Waals surface area contributed by atoms with Gasteiger partial charge in [0.2, 0.25) is 0 Å². The van der Waals surface area contributed by atoms with Crippen molar-refractivity contribution in [1.82, 2.24) is 4.90 Å².